The fourth-order valence-corrected chi connectivity index (χ4v) is 2.24. The van der Waals surface area contributed by atoms with Crippen LogP contribution in [0, 0.1) is 13.8 Å². The van der Waals surface area contributed by atoms with Gasteiger partial charge in [0.2, 0.25) is 0 Å². The molecule has 0 fully saturated rings. The van der Waals surface area contributed by atoms with Crippen molar-refractivity contribution in [2.45, 2.75) is 13.8 Å². The maximum atomic E-state index is 11.9. The van der Waals surface area contributed by atoms with Crippen molar-refractivity contribution in [2.75, 3.05) is 11.9 Å². The Morgan fingerprint density at radius 2 is 1.68 bits per heavy atom. The number of carbonyl (C=O) groups is 2. The number of amides is 1. The summed E-state index contributed by atoms with van der Waals surface area (Å²) in [5.41, 5.74) is 2.88. The summed E-state index contributed by atoms with van der Waals surface area (Å²) in [5.74, 6) is -1.01. The molecule has 0 aromatic heterocycles. The smallest absolute Gasteiger partial charge is 0.340 e. The van der Waals surface area contributed by atoms with E-state index in [-0.39, 0.29) is 12.2 Å². The lowest BCUT2D eigenvalue weighted by atomic mass is 10.1. The van der Waals surface area contributed by atoms with Crippen molar-refractivity contribution >= 4 is 29.2 Å². The number of nitrogens with one attached hydrogen (secondary N) is 1. The van der Waals surface area contributed by atoms with E-state index in [2.05, 4.69) is 5.32 Å². The first-order valence-corrected chi connectivity index (χ1v) is 7.14. The van der Waals surface area contributed by atoms with Gasteiger partial charge in [0, 0.05) is 5.69 Å². The molecule has 2 rings (SSSR count). The van der Waals surface area contributed by atoms with Crippen LogP contribution in [-0.2, 0) is 9.53 Å². The Kier molecular flexibility index (Phi) is 5.17. The average molecular weight is 318 g/mol. The van der Waals surface area contributed by atoms with Gasteiger partial charge >= 0.3 is 5.97 Å². The minimum atomic E-state index is -0.623. The summed E-state index contributed by atoms with van der Waals surface area (Å²) < 4.78 is 4.99. The van der Waals surface area contributed by atoms with Gasteiger partial charge in [-0.3, -0.25) is 4.79 Å². The van der Waals surface area contributed by atoms with Crippen molar-refractivity contribution in [2.24, 2.45) is 0 Å². The van der Waals surface area contributed by atoms with Gasteiger partial charge in [-0.2, -0.15) is 0 Å². The third-order valence-corrected chi connectivity index (χ3v) is 3.50. The average Bonchev–Trinajstić information content (AvgIpc) is 2.49. The Morgan fingerprint density at radius 1 is 1.05 bits per heavy atom. The highest BCUT2D eigenvalue weighted by atomic mass is 35.5. The SMILES string of the molecule is Cc1cccc(C)c1NC(=O)COC(=O)c1ccccc1Cl. The molecule has 114 valence electrons. The number of halogens is 1. The highest BCUT2D eigenvalue weighted by Gasteiger charge is 2.14. The van der Waals surface area contributed by atoms with E-state index in [1.165, 1.54) is 0 Å². The van der Waals surface area contributed by atoms with E-state index >= 15 is 0 Å². The van der Waals surface area contributed by atoms with Crippen molar-refractivity contribution in [3.8, 4) is 0 Å². The number of hydrogen-bond donors (Lipinski definition) is 1. The van der Waals surface area contributed by atoms with Crippen LogP contribution in [-0.4, -0.2) is 18.5 Å². The monoisotopic (exact) mass is 317 g/mol. The van der Waals surface area contributed by atoms with Crippen LogP contribution in [0.15, 0.2) is 42.5 Å². The first kappa shape index (κ1) is 16.0. The molecule has 0 aliphatic carbocycles. The van der Waals surface area contributed by atoms with Gasteiger partial charge in [-0.1, -0.05) is 41.9 Å². The van der Waals surface area contributed by atoms with E-state index in [0.29, 0.717) is 5.02 Å². The Bertz CT molecular complexity index is 693. The Morgan fingerprint density at radius 3 is 2.32 bits per heavy atom. The largest absolute Gasteiger partial charge is 0.452 e. The number of rotatable bonds is 4. The van der Waals surface area contributed by atoms with Crippen molar-refractivity contribution in [1.29, 1.82) is 0 Å². The summed E-state index contributed by atoms with van der Waals surface area (Å²) in [6.07, 6.45) is 0. The molecule has 0 spiro atoms. The third-order valence-electron chi connectivity index (χ3n) is 3.17. The topological polar surface area (TPSA) is 55.4 Å². The van der Waals surface area contributed by atoms with E-state index in [4.69, 9.17) is 16.3 Å². The van der Waals surface area contributed by atoms with Crippen LogP contribution in [0.25, 0.3) is 0 Å². The Balaban J connectivity index is 1.96. The number of anilines is 1. The minimum Gasteiger partial charge on any atom is -0.452 e. The quantitative estimate of drug-likeness (QED) is 0.874. The molecule has 0 radical (unpaired) electrons. The van der Waals surface area contributed by atoms with Gasteiger partial charge in [-0.25, -0.2) is 4.79 Å². The first-order chi connectivity index (χ1) is 10.5. The van der Waals surface area contributed by atoms with Gasteiger partial charge in [-0.15, -0.1) is 0 Å². The number of aryl methyl sites for hydroxylation is 2. The maximum Gasteiger partial charge on any atom is 0.340 e. The maximum absolute atomic E-state index is 11.9. The number of hydrogen-bond acceptors (Lipinski definition) is 3. The molecular weight excluding hydrogens is 302 g/mol. The lowest BCUT2D eigenvalue weighted by Gasteiger charge is -2.11. The summed E-state index contributed by atoms with van der Waals surface area (Å²) in [4.78, 5) is 23.8. The van der Waals surface area contributed by atoms with E-state index in [1.807, 2.05) is 32.0 Å². The second-order valence-corrected chi connectivity index (χ2v) is 5.28. The number of ether oxygens (including phenoxy) is 1. The zero-order valence-electron chi connectivity index (χ0n) is 12.4. The molecule has 2 aromatic rings. The summed E-state index contributed by atoms with van der Waals surface area (Å²) in [6.45, 7) is 3.44. The molecule has 0 bridgehead atoms. The van der Waals surface area contributed by atoms with Crippen LogP contribution in [0.3, 0.4) is 0 Å². The molecule has 5 heteroatoms. The summed E-state index contributed by atoms with van der Waals surface area (Å²) in [5, 5.41) is 3.04. The number of benzene rings is 2. The summed E-state index contributed by atoms with van der Waals surface area (Å²) >= 11 is 5.90. The molecule has 2 aromatic carbocycles. The molecule has 0 unspecified atom stereocenters. The highest BCUT2D eigenvalue weighted by molar-refractivity contribution is 6.33. The van der Waals surface area contributed by atoms with Crippen molar-refractivity contribution in [1.82, 2.24) is 0 Å². The predicted molar refractivity (Wildman–Crippen MR) is 86.3 cm³/mol. The van der Waals surface area contributed by atoms with Gasteiger partial charge in [0.15, 0.2) is 6.61 Å². The van der Waals surface area contributed by atoms with Gasteiger partial charge in [0.25, 0.3) is 5.91 Å². The highest BCUT2D eigenvalue weighted by Crippen LogP contribution is 2.19. The van der Waals surface area contributed by atoms with Crippen LogP contribution < -0.4 is 5.32 Å². The molecule has 0 aliphatic rings. The van der Waals surface area contributed by atoms with Gasteiger partial charge in [0.05, 0.1) is 10.6 Å². The second-order valence-electron chi connectivity index (χ2n) is 4.87. The molecule has 1 amide bonds. The standard InChI is InChI=1S/C17H16ClNO3/c1-11-6-5-7-12(2)16(11)19-15(20)10-22-17(21)13-8-3-4-9-14(13)18/h3-9H,10H2,1-2H3,(H,19,20). The summed E-state index contributed by atoms with van der Waals surface area (Å²) in [7, 11) is 0. The van der Waals surface area contributed by atoms with Crippen LogP contribution in [0.5, 0.6) is 0 Å². The zero-order chi connectivity index (χ0) is 16.1. The zero-order valence-corrected chi connectivity index (χ0v) is 13.1. The summed E-state index contributed by atoms with van der Waals surface area (Å²) in [6, 6.07) is 12.3. The molecule has 0 saturated heterocycles. The molecule has 4 nitrogen and oxygen atoms in total. The minimum absolute atomic E-state index is 0.240. The van der Waals surface area contributed by atoms with E-state index in [1.54, 1.807) is 24.3 Å². The molecule has 0 saturated carbocycles. The second kappa shape index (κ2) is 7.09. The molecule has 1 N–H and O–H groups in total. The Labute approximate surface area is 134 Å². The van der Waals surface area contributed by atoms with Gasteiger partial charge in [-0.05, 0) is 37.1 Å². The molecule has 22 heavy (non-hydrogen) atoms. The van der Waals surface area contributed by atoms with Crippen molar-refractivity contribution < 1.29 is 14.3 Å². The molecule has 0 heterocycles. The van der Waals surface area contributed by atoms with E-state index in [0.717, 1.165) is 16.8 Å². The predicted octanol–water partition coefficient (Wildman–Crippen LogP) is 3.75. The number of esters is 1. The Hall–Kier alpha value is -2.33. The molecular formula is C17H16ClNO3. The van der Waals surface area contributed by atoms with Gasteiger partial charge < -0.3 is 10.1 Å². The van der Waals surface area contributed by atoms with Crippen LogP contribution >= 0.6 is 11.6 Å². The lowest BCUT2D eigenvalue weighted by Crippen LogP contribution is -2.22. The molecule has 0 aliphatic heterocycles. The van der Waals surface area contributed by atoms with Gasteiger partial charge in [0.1, 0.15) is 0 Å². The lowest BCUT2D eigenvalue weighted by molar-refractivity contribution is -0.119. The van der Waals surface area contributed by atoms with E-state index < -0.39 is 11.9 Å². The third kappa shape index (κ3) is 3.86. The normalized spacial score (nSPS) is 10.1. The number of carbonyl (C=O) groups excluding carboxylic acids is 2. The number of para-hydroxylation sites is 1. The van der Waals surface area contributed by atoms with Crippen LogP contribution in [0.2, 0.25) is 5.02 Å². The van der Waals surface area contributed by atoms with Crippen molar-refractivity contribution in [3.05, 3.63) is 64.2 Å². The van der Waals surface area contributed by atoms with Crippen molar-refractivity contribution in [3.63, 3.8) is 0 Å². The fourth-order valence-electron chi connectivity index (χ4n) is 2.02. The van der Waals surface area contributed by atoms with Crippen LogP contribution in [0.1, 0.15) is 21.5 Å². The fraction of sp³-hybridized carbons (Fsp3) is 0.176. The van der Waals surface area contributed by atoms with Crippen LogP contribution in [0.4, 0.5) is 5.69 Å². The molecule has 0 atom stereocenters. The van der Waals surface area contributed by atoms with E-state index in [9.17, 15) is 9.59 Å². The first-order valence-electron chi connectivity index (χ1n) is 6.76.